The van der Waals surface area contributed by atoms with Gasteiger partial charge in [0.25, 0.3) is 0 Å². The lowest BCUT2D eigenvalue weighted by atomic mass is 9.85. The number of hydrogen-bond acceptors (Lipinski definition) is 2. The van der Waals surface area contributed by atoms with E-state index < -0.39 is 0 Å². The van der Waals surface area contributed by atoms with Crippen LogP contribution in [0.25, 0.3) is 0 Å². The summed E-state index contributed by atoms with van der Waals surface area (Å²) in [4.78, 5) is 14.6. The number of likely N-dealkylation sites (tertiary alicyclic amines) is 1. The Kier molecular flexibility index (Phi) is 3.24. The second-order valence-electron chi connectivity index (χ2n) is 5.86. The van der Waals surface area contributed by atoms with E-state index in [1.54, 1.807) is 0 Å². The van der Waals surface area contributed by atoms with Gasteiger partial charge in [0.05, 0.1) is 0 Å². The third-order valence-electron chi connectivity index (χ3n) is 4.40. The molecule has 2 unspecified atom stereocenters. The number of hydrogen-bond donors (Lipinski definition) is 1. The Morgan fingerprint density at radius 1 is 1.44 bits per heavy atom. The normalized spacial score (nSPS) is 30.3. The van der Waals surface area contributed by atoms with Crippen LogP contribution in [0.3, 0.4) is 0 Å². The van der Waals surface area contributed by atoms with Crippen LogP contribution in [0.5, 0.6) is 0 Å². The van der Waals surface area contributed by atoms with Crippen molar-refractivity contribution in [2.75, 3.05) is 19.6 Å². The number of nitrogens with zero attached hydrogens (tertiary/aromatic N) is 1. The molecule has 2 fully saturated rings. The maximum atomic E-state index is 12.5. The summed E-state index contributed by atoms with van der Waals surface area (Å²) in [6, 6.07) is 0.465. The molecule has 2 aliphatic heterocycles. The van der Waals surface area contributed by atoms with Gasteiger partial charge in [0.1, 0.15) is 0 Å². The molecule has 16 heavy (non-hydrogen) atoms. The van der Waals surface area contributed by atoms with Gasteiger partial charge < -0.3 is 10.2 Å². The van der Waals surface area contributed by atoms with Crippen molar-refractivity contribution in [1.29, 1.82) is 0 Å². The number of carbonyl (C=O) groups is 1. The second kappa shape index (κ2) is 4.36. The van der Waals surface area contributed by atoms with E-state index in [1.807, 2.05) is 0 Å². The minimum Gasteiger partial charge on any atom is -0.338 e. The highest BCUT2D eigenvalue weighted by molar-refractivity contribution is 5.82. The molecular weight excluding hydrogens is 200 g/mol. The molecule has 1 N–H and O–H groups in total. The molecule has 0 saturated carbocycles. The van der Waals surface area contributed by atoms with Gasteiger partial charge in [0.2, 0.25) is 5.91 Å². The van der Waals surface area contributed by atoms with Gasteiger partial charge in [-0.15, -0.1) is 0 Å². The van der Waals surface area contributed by atoms with Crippen LogP contribution in [0.15, 0.2) is 0 Å². The first-order chi connectivity index (χ1) is 7.56. The Labute approximate surface area is 98.6 Å². The third-order valence-corrected chi connectivity index (χ3v) is 4.40. The zero-order valence-electron chi connectivity index (χ0n) is 10.8. The fourth-order valence-electron chi connectivity index (χ4n) is 2.86. The van der Waals surface area contributed by atoms with Crippen molar-refractivity contribution in [3.05, 3.63) is 0 Å². The average molecular weight is 224 g/mol. The van der Waals surface area contributed by atoms with Gasteiger partial charge in [-0.2, -0.15) is 0 Å². The molecule has 2 atom stereocenters. The molecule has 0 aliphatic carbocycles. The van der Waals surface area contributed by atoms with Crippen LogP contribution in [0.4, 0.5) is 0 Å². The van der Waals surface area contributed by atoms with E-state index in [4.69, 9.17) is 0 Å². The number of carbonyl (C=O) groups excluding carboxylic acids is 1. The second-order valence-corrected chi connectivity index (χ2v) is 5.86. The molecule has 2 rings (SSSR count). The molecule has 0 spiro atoms. The van der Waals surface area contributed by atoms with Crippen LogP contribution in [-0.4, -0.2) is 36.5 Å². The van der Waals surface area contributed by atoms with Crippen LogP contribution < -0.4 is 5.32 Å². The monoisotopic (exact) mass is 224 g/mol. The molecule has 0 aromatic rings. The summed E-state index contributed by atoms with van der Waals surface area (Å²) < 4.78 is 0. The van der Waals surface area contributed by atoms with E-state index in [1.165, 1.54) is 12.8 Å². The summed E-state index contributed by atoms with van der Waals surface area (Å²) in [6.07, 6.45) is 3.38. The van der Waals surface area contributed by atoms with Crippen LogP contribution in [0.2, 0.25) is 0 Å². The number of amides is 1. The van der Waals surface area contributed by atoms with Gasteiger partial charge in [-0.25, -0.2) is 0 Å². The van der Waals surface area contributed by atoms with Crippen molar-refractivity contribution in [3.63, 3.8) is 0 Å². The van der Waals surface area contributed by atoms with E-state index in [2.05, 4.69) is 31.0 Å². The first-order valence-corrected chi connectivity index (χ1v) is 6.58. The SMILES string of the molecule is CCC(C)(C)C(=O)N1CCCC2CNCC21. The molecule has 3 heteroatoms. The minimum absolute atomic E-state index is 0.190. The maximum Gasteiger partial charge on any atom is 0.228 e. The summed E-state index contributed by atoms with van der Waals surface area (Å²) in [5.41, 5.74) is -0.190. The van der Waals surface area contributed by atoms with Gasteiger partial charge in [-0.3, -0.25) is 4.79 Å². The molecule has 0 aromatic carbocycles. The molecule has 0 bridgehead atoms. The zero-order chi connectivity index (χ0) is 11.8. The average Bonchev–Trinajstić information content (AvgIpc) is 2.75. The Balaban J connectivity index is 2.11. The van der Waals surface area contributed by atoms with Gasteiger partial charge in [-0.1, -0.05) is 20.8 Å². The summed E-state index contributed by atoms with van der Waals surface area (Å²) >= 11 is 0. The smallest absolute Gasteiger partial charge is 0.228 e. The minimum atomic E-state index is -0.190. The van der Waals surface area contributed by atoms with Gasteiger partial charge in [-0.05, 0) is 25.2 Å². The highest BCUT2D eigenvalue weighted by Crippen LogP contribution is 2.31. The highest BCUT2D eigenvalue weighted by atomic mass is 16.2. The molecule has 2 aliphatic rings. The molecule has 2 heterocycles. The zero-order valence-corrected chi connectivity index (χ0v) is 10.8. The maximum absolute atomic E-state index is 12.5. The van der Waals surface area contributed by atoms with Crippen molar-refractivity contribution in [1.82, 2.24) is 10.2 Å². The largest absolute Gasteiger partial charge is 0.338 e. The number of fused-ring (bicyclic) bond motifs is 1. The molecule has 92 valence electrons. The molecule has 0 aromatic heterocycles. The van der Waals surface area contributed by atoms with Crippen molar-refractivity contribution in [3.8, 4) is 0 Å². The van der Waals surface area contributed by atoms with Gasteiger partial charge >= 0.3 is 0 Å². The van der Waals surface area contributed by atoms with Crippen LogP contribution in [0.1, 0.15) is 40.0 Å². The summed E-state index contributed by atoms with van der Waals surface area (Å²) in [6.45, 7) is 9.30. The predicted molar refractivity (Wildman–Crippen MR) is 65.2 cm³/mol. The lowest BCUT2D eigenvalue weighted by Gasteiger charge is -2.41. The number of rotatable bonds is 2. The van der Waals surface area contributed by atoms with Crippen molar-refractivity contribution < 1.29 is 4.79 Å². The van der Waals surface area contributed by atoms with Crippen LogP contribution in [0, 0.1) is 11.3 Å². The summed E-state index contributed by atoms with van der Waals surface area (Å²) in [5.74, 6) is 1.05. The lowest BCUT2D eigenvalue weighted by Crippen LogP contribution is -2.52. The Hall–Kier alpha value is -0.570. The Bertz CT molecular complexity index is 275. The van der Waals surface area contributed by atoms with Crippen molar-refractivity contribution >= 4 is 5.91 Å². The topological polar surface area (TPSA) is 32.3 Å². The molecule has 2 saturated heterocycles. The van der Waals surface area contributed by atoms with E-state index >= 15 is 0 Å². The van der Waals surface area contributed by atoms with E-state index in [-0.39, 0.29) is 5.41 Å². The standard InChI is InChI=1S/C13H24N2O/c1-4-13(2,3)12(16)15-7-5-6-10-8-14-9-11(10)15/h10-11,14H,4-9H2,1-3H3. The van der Waals surface area contributed by atoms with E-state index in [0.29, 0.717) is 17.9 Å². The van der Waals surface area contributed by atoms with Gasteiger partial charge in [0, 0.05) is 31.1 Å². The van der Waals surface area contributed by atoms with E-state index in [0.717, 1.165) is 26.1 Å². The molecule has 3 nitrogen and oxygen atoms in total. The Morgan fingerprint density at radius 2 is 2.19 bits per heavy atom. The molecular formula is C13H24N2O. The quantitative estimate of drug-likeness (QED) is 0.773. The Morgan fingerprint density at radius 3 is 2.88 bits per heavy atom. The molecule has 1 amide bonds. The van der Waals surface area contributed by atoms with Crippen molar-refractivity contribution in [2.45, 2.75) is 46.1 Å². The van der Waals surface area contributed by atoms with Crippen LogP contribution in [-0.2, 0) is 4.79 Å². The number of piperidine rings is 1. The summed E-state index contributed by atoms with van der Waals surface area (Å²) in [7, 11) is 0. The fraction of sp³-hybridized carbons (Fsp3) is 0.923. The third kappa shape index (κ3) is 1.97. The summed E-state index contributed by atoms with van der Waals surface area (Å²) in [5, 5.41) is 3.42. The predicted octanol–water partition coefficient (Wildman–Crippen LogP) is 1.63. The number of nitrogens with one attached hydrogen (secondary N) is 1. The van der Waals surface area contributed by atoms with Crippen LogP contribution >= 0.6 is 0 Å². The lowest BCUT2D eigenvalue weighted by molar-refractivity contribution is -0.145. The van der Waals surface area contributed by atoms with Gasteiger partial charge in [0.15, 0.2) is 0 Å². The first kappa shape index (κ1) is 11.9. The molecule has 0 radical (unpaired) electrons. The first-order valence-electron chi connectivity index (χ1n) is 6.58. The van der Waals surface area contributed by atoms with E-state index in [9.17, 15) is 4.79 Å². The fourth-order valence-corrected chi connectivity index (χ4v) is 2.86. The highest BCUT2D eigenvalue weighted by Gasteiger charge is 2.41. The van der Waals surface area contributed by atoms with Crippen molar-refractivity contribution in [2.24, 2.45) is 11.3 Å².